The third-order valence-corrected chi connectivity index (χ3v) is 5.21. The fourth-order valence-corrected chi connectivity index (χ4v) is 3.08. The molecule has 4 nitrogen and oxygen atoms in total. The Bertz CT molecular complexity index is 866. The molecule has 1 aromatic heterocycles. The fourth-order valence-electron chi connectivity index (χ4n) is 3.08. The highest BCUT2D eigenvalue weighted by Gasteiger charge is 2.14. The summed E-state index contributed by atoms with van der Waals surface area (Å²) in [6, 6.07) is 0. The first-order chi connectivity index (χ1) is 13.6. The maximum Gasteiger partial charge on any atom is 0.291 e. The van der Waals surface area contributed by atoms with E-state index in [1.54, 1.807) is 13.8 Å². The molecule has 0 aliphatic rings. The maximum atomic E-state index is 12.3. The Morgan fingerprint density at radius 3 is 2.45 bits per heavy atom. The molecule has 0 aliphatic heterocycles. The van der Waals surface area contributed by atoms with Gasteiger partial charge in [0.15, 0.2) is 5.43 Å². The number of methoxy groups -OCH3 is 1. The van der Waals surface area contributed by atoms with Gasteiger partial charge in [0.1, 0.15) is 5.76 Å². The molecule has 1 N–H and O–H groups in total. The van der Waals surface area contributed by atoms with Gasteiger partial charge in [0, 0.05) is 17.9 Å². The first-order valence-corrected chi connectivity index (χ1v) is 10.1. The molecular weight excluding hydrogens is 364 g/mol. The van der Waals surface area contributed by atoms with Gasteiger partial charge in [-0.25, -0.2) is 0 Å². The van der Waals surface area contributed by atoms with E-state index in [9.17, 15) is 9.90 Å². The minimum absolute atomic E-state index is 0.0285. The van der Waals surface area contributed by atoms with Gasteiger partial charge in [-0.15, -0.1) is 0 Å². The topological polar surface area (TPSA) is 59.7 Å². The Morgan fingerprint density at radius 2 is 1.86 bits per heavy atom. The van der Waals surface area contributed by atoms with Crippen LogP contribution in [0.2, 0.25) is 0 Å². The van der Waals surface area contributed by atoms with Crippen molar-refractivity contribution in [2.24, 2.45) is 5.92 Å². The van der Waals surface area contributed by atoms with Crippen LogP contribution in [0, 0.1) is 19.8 Å². The molecule has 0 spiro atoms. The molecule has 0 unspecified atom stereocenters. The van der Waals surface area contributed by atoms with Crippen LogP contribution in [0.5, 0.6) is 5.95 Å². The zero-order chi connectivity index (χ0) is 22.1. The monoisotopic (exact) mass is 400 g/mol. The number of hydrogen-bond donors (Lipinski definition) is 1. The summed E-state index contributed by atoms with van der Waals surface area (Å²) in [7, 11) is 1.51. The molecule has 0 radical (unpaired) electrons. The zero-order valence-electron chi connectivity index (χ0n) is 19.1. The van der Waals surface area contributed by atoms with Gasteiger partial charge in [-0.3, -0.25) is 4.79 Å². The molecule has 4 heteroatoms. The van der Waals surface area contributed by atoms with Gasteiger partial charge < -0.3 is 14.3 Å². The summed E-state index contributed by atoms with van der Waals surface area (Å²) in [4.78, 5) is 12.3. The van der Waals surface area contributed by atoms with Gasteiger partial charge in [0.2, 0.25) is 0 Å². The minimum atomic E-state index is -0.450. The summed E-state index contributed by atoms with van der Waals surface area (Å²) in [6.07, 6.45) is 11.2. The van der Waals surface area contributed by atoms with Crippen molar-refractivity contribution in [3.05, 3.63) is 74.2 Å². The molecule has 0 saturated carbocycles. The molecule has 1 aromatic rings. The zero-order valence-corrected chi connectivity index (χ0v) is 19.1. The van der Waals surface area contributed by atoms with Gasteiger partial charge in [0.25, 0.3) is 5.95 Å². The number of rotatable bonds is 9. The van der Waals surface area contributed by atoms with Gasteiger partial charge in [-0.05, 0) is 53.5 Å². The smallest absolute Gasteiger partial charge is 0.291 e. The lowest BCUT2D eigenvalue weighted by atomic mass is 9.96. The maximum absolute atomic E-state index is 12.3. The van der Waals surface area contributed by atoms with E-state index in [1.165, 1.54) is 12.7 Å². The van der Waals surface area contributed by atoms with Crippen LogP contribution in [-0.2, 0) is 6.42 Å². The Morgan fingerprint density at radius 1 is 1.21 bits per heavy atom. The van der Waals surface area contributed by atoms with Crippen LogP contribution in [0.3, 0.4) is 0 Å². The largest absolute Gasteiger partial charge is 0.468 e. The average Bonchev–Trinajstić information content (AvgIpc) is 2.70. The lowest BCUT2D eigenvalue weighted by Gasteiger charge is -2.16. The van der Waals surface area contributed by atoms with Gasteiger partial charge >= 0.3 is 0 Å². The molecule has 0 aromatic carbocycles. The molecule has 0 fully saturated rings. The Kier molecular flexibility index (Phi) is 9.90. The predicted molar refractivity (Wildman–Crippen MR) is 121 cm³/mol. The second-order valence-electron chi connectivity index (χ2n) is 7.70. The third-order valence-electron chi connectivity index (χ3n) is 5.21. The van der Waals surface area contributed by atoms with Crippen LogP contribution in [-0.4, -0.2) is 18.3 Å². The molecule has 1 rings (SSSR count). The second-order valence-corrected chi connectivity index (χ2v) is 7.70. The van der Waals surface area contributed by atoms with Crippen molar-refractivity contribution in [1.82, 2.24) is 0 Å². The standard InChI is InChI=1S/C25H36O4/c1-9-18(4)23(26)19(5)15-17(3)12-10-11-16(2)13-14-22-20(6)24(27)21(7)25(28-8)29-22/h9-10,12-13,15,19,23,26H,11,14H2,1-8H3/t19-,23+/m1/s1. The van der Waals surface area contributed by atoms with E-state index in [2.05, 4.69) is 31.2 Å². The second kappa shape index (κ2) is 11.6. The molecule has 0 saturated heterocycles. The lowest BCUT2D eigenvalue weighted by molar-refractivity contribution is 0.173. The van der Waals surface area contributed by atoms with E-state index < -0.39 is 6.10 Å². The van der Waals surface area contributed by atoms with Crippen molar-refractivity contribution in [2.75, 3.05) is 7.11 Å². The van der Waals surface area contributed by atoms with E-state index in [0.717, 1.165) is 17.6 Å². The highest BCUT2D eigenvalue weighted by molar-refractivity contribution is 5.30. The predicted octanol–water partition coefficient (Wildman–Crippen LogP) is 5.61. The van der Waals surface area contributed by atoms with Gasteiger partial charge in [-0.1, -0.05) is 48.5 Å². The van der Waals surface area contributed by atoms with Crippen molar-refractivity contribution in [2.45, 2.75) is 67.4 Å². The van der Waals surface area contributed by atoms with Crippen LogP contribution < -0.4 is 10.2 Å². The van der Waals surface area contributed by atoms with Crippen LogP contribution in [0.15, 0.2) is 56.3 Å². The summed E-state index contributed by atoms with van der Waals surface area (Å²) in [5, 5.41) is 10.2. The molecular formula is C25H36O4. The quantitative estimate of drug-likeness (QED) is 0.432. The summed E-state index contributed by atoms with van der Waals surface area (Å²) < 4.78 is 10.9. The summed E-state index contributed by atoms with van der Waals surface area (Å²) >= 11 is 0. The number of ether oxygens (including phenoxy) is 1. The van der Waals surface area contributed by atoms with Gasteiger partial charge in [0.05, 0.1) is 18.8 Å². The number of aliphatic hydroxyl groups is 1. The van der Waals surface area contributed by atoms with Gasteiger partial charge in [-0.2, -0.15) is 0 Å². The van der Waals surface area contributed by atoms with E-state index in [4.69, 9.17) is 9.15 Å². The SMILES string of the molecule is CC=C(C)[C@H](O)[C@H](C)C=C(C)C=CCC(C)=CCc1oc(OC)c(C)c(=O)c1C. The van der Waals surface area contributed by atoms with Crippen molar-refractivity contribution < 1.29 is 14.3 Å². The lowest BCUT2D eigenvalue weighted by Crippen LogP contribution is -2.17. The van der Waals surface area contributed by atoms with E-state index >= 15 is 0 Å². The van der Waals surface area contributed by atoms with Crippen LogP contribution in [0.25, 0.3) is 0 Å². The molecule has 29 heavy (non-hydrogen) atoms. The van der Waals surface area contributed by atoms with Crippen molar-refractivity contribution in [3.63, 3.8) is 0 Å². The Labute approximate surface area is 175 Å². The van der Waals surface area contributed by atoms with Crippen LogP contribution >= 0.6 is 0 Å². The summed E-state index contributed by atoms with van der Waals surface area (Å²) in [5.74, 6) is 0.987. The van der Waals surface area contributed by atoms with E-state index in [-0.39, 0.29) is 17.3 Å². The molecule has 1 heterocycles. The molecule has 160 valence electrons. The Hall–Kier alpha value is -2.33. The first kappa shape index (κ1) is 24.7. The number of aliphatic hydroxyl groups excluding tert-OH is 1. The fraction of sp³-hybridized carbons (Fsp3) is 0.480. The third kappa shape index (κ3) is 7.21. The van der Waals surface area contributed by atoms with Crippen molar-refractivity contribution in [1.29, 1.82) is 0 Å². The van der Waals surface area contributed by atoms with Crippen molar-refractivity contribution >= 4 is 0 Å². The van der Waals surface area contributed by atoms with Crippen LogP contribution in [0.4, 0.5) is 0 Å². The molecule has 2 atom stereocenters. The highest BCUT2D eigenvalue weighted by Crippen LogP contribution is 2.20. The van der Waals surface area contributed by atoms with Crippen molar-refractivity contribution in [3.8, 4) is 5.95 Å². The van der Waals surface area contributed by atoms with Crippen LogP contribution in [0.1, 0.15) is 57.9 Å². The normalized spacial score (nSPS) is 15.7. The number of allylic oxidation sites excluding steroid dienone is 6. The number of hydrogen-bond acceptors (Lipinski definition) is 4. The van der Waals surface area contributed by atoms with E-state index in [0.29, 0.717) is 23.3 Å². The summed E-state index contributed by atoms with van der Waals surface area (Å²) in [5.41, 5.74) is 4.40. The summed E-state index contributed by atoms with van der Waals surface area (Å²) in [6.45, 7) is 13.5. The van der Waals surface area contributed by atoms with E-state index in [1.807, 2.05) is 33.8 Å². The molecule has 0 bridgehead atoms. The Balaban J connectivity index is 2.77. The first-order valence-electron chi connectivity index (χ1n) is 10.1. The highest BCUT2D eigenvalue weighted by atomic mass is 16.6. The average molecular weight is 401 g/mol. The molecule has 0 aliphatic carbocycles. The minimum Gasteiger partial charge on any atom is -0.468 e. The molecule has 0 amide bonds.